The van der Waals surface area contributed by atoms with Crippen molar-refractivity contribution in [2.45, 2.75) is 57.6 Å². The first-order chi connectivity index (χ1) is 9.29. The lowest BCUT2D eigenvalue weighted by atomic mass is 9.82. The third-order valence-corrected chi connectivity index (χ3v) is 4.14. The molecule has 2 rings (SSSR count). The molecule has 1 saturated carbocycles. The average Bonchev–Trinajstić information content (AvgIpc) is 2.47. The first-order valence-corrected chi connectivity index (χ1v) is 7.69. The summed E-state index contributed by atoms with van der Waals surface area (Å²) in [4.78, 5) is 0. The number of hydrogen-bond donors (Lipinski definition) is 1. The normalized spacial score (nSPS) is 25.2. The van der Waals surface area contributed by atoms with Gasteiger partial charge in [0.05, 0.1) is 6.10 Å². The zero-order valence-electron chi connectivity index (χ0n) is 12.3. The van der Waals surface area contributed by atoms with E-state index in [1.54, 1.807) is 0 Å². The Labute approximate surface area is 117 Å². The van der Waals surface area contributed by atoms with Gasteiger partial charge in [0.25, 0.3) is 0 Å². The van der Waals surface area contributed by atoms with Crippen LogP contribution in [-0.4, -0.2) is 25.3 Å². The van der Waals surface area contributed by atoms with Crippen LogP contribution in [0.5, 0.6) is 0 Å². The van der Waals surface area contributed by atoms with Crippen LogP contribution in [0.2, 0.25) is 0 Å². The van der Waals surface area contributed by atoms with Gasteiger partial charge in [-0.15, -0.1) is 0 Å². The molecule has 0 bridgehead atoms. The zero-order valence-corrected chi connectivity index (χ0v) is 12.3. The zero-order chi connectivity index (χ0) is 13.5. The van der Waals surface area contributed by atoms with E-state index >= 15 is 0 Å². The van der Waals surface area contributed by atoms with Gasteiger partial charge in [-0.05, 0) is 51.0 Å². The summed E-state index contributed by atoms with van der Waals surface area (Å²) in [7, 11) is 0. The lowest BCUT2D eigenvalue weighted by Crippen LogP contribution is -2.37. The van der Waals surface area contributed by atoms with Gasteiger partial charge >= 0.3 is 0 Å². The van der Waals surface area contributed by atoms with E-state index in [1.807, 2.05) is 0 Å². The van der Waals surface area contributed by atoms with E-state index in [9.17, 15) is 0 Å². The molecule has 106 valence electrons. The molecule has 0 aromatic heterocycles. The van der Waals surface area contributed by atoms with Crippen molar-refractivity contribution in [3.63, 3.8) is 0 Å². The van der Waals surface area contributed by atoms with Gasteiger partial charge in [-0.25, -0.2) is 0 Å². The smallest absolute Gasteiger partial charge is 0.0671 e. The summed E-state index contributed by atoms with van der Waals surface area (Å²) in [5, 5.41) is 3.65. The predicted octanol–water partition coefficient (Wildman–Crippen LogP) is 3.73. The largest absolute Gasteiger partial charge is 0.377 e. The van der Waals surface area contributed by atoms with Crippen LogP contribution in [0.1, 0.15) is 51.0 Å². The van der Waals surface area contributed by atoms with Crippen molar-refractivity contribution in [2.75, 3.05) is 13.2 Å². The van der Waals surface area contributed by atoms with E-state index in [0.29, 0.717) is 12.1 Å². The van der Waals surface area contributed by atoms with Gasteiger partial charge in [0.15, 0.2) is 0 Å². The van der Waals surface area contributed by atoms with Crippen LogP contribution < -0.4 is 5.32 Å². The fourth-order valence-corrected chi connectivity index (χ4v) is 3.03. The van der Waals surface area contributed by atoms with Crippen LogP contribution >= 0.6 is 0 Å². The van der Waals surface area contributed by atoms with Crippen LogP contribution in [0.15, 0.2) is 30.3 Å². The Balaban J connectivity index is 1.71. The maximum Gasteiger partial charge on any atom is 0.0671 e. The molecule has 19 heavy (non-hydrogen) atoms. The monoisotopic (exact) mass is 261 g/mol. The molecule has 0 saturated heterocycles. The molecule has 1 atom stereocenters. The second kappa shape index (κ2) is 7.66. The molecule has 1 aliphatic rings. The van der Waals surface area contributed by atoms with Crippen molar-refractivity contribution in [3.8, 4) is 0 Å². The van der Waals surface area contributed by atoms with Gasteiger partial charge in [-0.1, -0.05) is 30.3 Å². The molecule has 1 fully saturated rings. The molecular weight excluding hydrogens is 234 g/mol. The van der Waals surface area contributed by atoms with Gasteiger partial charge in [0.1, 0.15) is 0 Å². The van der Waals surface area contributed by atoms with Crippen molar-refractivity contribution < 1.29 is 4.74 Å². The summed E-state index contributed by atoms with van der Waals surface area (Å²) in [6.45, 7) is 5.99. The lowest BCUT2D eigenvalue weighted by Gasteiger charge is -2.30. The van der Waals surface area contributed by atoms with E-state index in [-0.39, 0.29) is 0 Å². The minimum Gasteiger partial charge on any atom is -0.377 e. The van der Waals surface area contributed by atoms with Crippen molar-refractivity contribution in [1.82, 2.24) is 5.32 Å². The number of nitrogens with one attached hydrogen (secondary N) is 1. The van der Waals surface area contributed by atoms with Crippen LogP contribution in [0.25, 0.3) is 0 Å². The van der Waals surface area contributed by atoms with Gasteiger partial charge in [0, 0.05) is 19.2 Å². The maximum absolute atomic E-state index is 5.56. The molecule has 1 aliphatic carbocycles. The van der Waals surface area contributed by atoms with Crippen molar-refractivity contribution in [1.29, 1.82) is 0 Å². The molecule has 0 spiro atoms. The van der Waals surface area contributed by atoms with Crippen LogP contribution in [0.3, 0.4) is 0 Å². The number of benzene rings is 1. The lowest BCUT2D eigenvalue weighted by molar-refractivity contribution is 0.0725. The average molecular weight is 261 g/mol. The second-order valence-electron chi connectivity index (χ2n) is 5.63. The predicted molar refractivity (Wildman–Crippen MR) is 80.5 cm³/mol. The Morgan fingerprint density at radius 1 is 1.16 bits per heavy atom. The minimum atomic E-state index is 0.330. The standard InChI is InChI=1S/C17H27NO/c1-3-19-14(2)13-18-17-11-9-16(10-12-17)15-7-5-4-6-8-15/h4-8,14,16-18H,3,9-13H2,1-2H3. The Bertz CT molecular complexity index is 344. The molecule has 2 nitrogen and oxygen atoms in total. The molecule has 1 N–H and O–H groups in total. The van der Waals surface area contributed by atoms with Gasteiger partial charge in [-0.2, -0.15) is 0 Å². The Morgan fingerprint density at radius 3 is 2.47 bits per heavy atom. The fourth-order valence-electron chi connectivity index (χ4n) is 3.03. The maximum atomic E-state index is 5.56. The van der Waals surface area contributed by atoms with Crippen LogP contribution in [0, 0.1) is 0 Å². The molecule has 0 radical (unpaired) electrons. The molecule has 1 aromatic rings. The van der Waals surface area contributed by atoms with Crippen molar-refractivity contribution >= 4 is 0 Å². The topological polar surface area (TPSA) is 21.3 Å². The molecule has 1 aromatic carbocycles. The Hall–Kier alpha value is -0.860. The molecule has 0 aliphatic heterocycles. The van der Waals surface area contributed by atoms with Gasteiger partial charge < -0.3 is 10.1 Å². The Kier molecular flexibility index (Phi) is 5.87. The highest BCUT2D eigenvalue weighted by Crippen LogP contribution is 2.32. The highest BCUT2D eigenvalue weighted by Gasteiger charge is 2.22. The van der Waals surface area contributed by atoms with E-state index in [2.05, 4.69) is 49.5 Å². The first-order valence-electron chi connectivity index (χ1n) is 7.69. The van der Waals surface area contributed by atoms with Crippen molar-refractivity contribution in [3.05, 3.63) is 35.9 Å². The minimum absolute atomic E-state index is 0.330. The molecule has 1 unspecified atom stereocenters. The SMILES string of the molecule is CCOC(C)CNC1CCC(c2ccccc2)CC1. The highest BCUT2D eigenvalue weighted by atomic mass is 16.5. The summed E-state index contributed by atoms with van der Waals surface area (Å²) in [5.74, 6) is 0.767. The van der Waals surface area contributed by atoms with E-state index < -0.39 is 0 Å². The third kappa shape index (κ3) is 4.63. The molecule has 0 amide bonds. The number of ether oxygens (including phenoxy) is 1. The summed E-state index contributed by atoms with van der Waals surface area (Å²) in [5.41, 5.74) is 1.52. The summed E-state index contributed by atoms with van der Waals surface area (Å²) in [6.07, 6.45) is 5.53. The molecule has 2 heteroatoms. The Morgan fingerprint density at radius 2 is 1.84 bits per heavy atom. The molecular formula is C17H27NO. The van der Waals surface area contributed by atoms with E-state index in [4.69, 9.17) is 4.74 Å². The first kappa shape index (κ1) is 14.5. The highest BCUT2D eigenvalue weighted by molar-refractivity contribution is 5.20. The number of rotatable bonds is 6. The number of hydrogen-bond acceptors (Lipinski definition) is 2. The summed E-state index contributed by atoms with van der Waals surface area (Å²) >= 11 is 0. The molecule has 0 heterocycles. The van der Waals surface area contributed by atoms with Crippen LogP contribution in [-0.2, 0) is 4.74 Å². The third-order valence-electron chi connectivity index (χ3n) is 4.14. The summed E-state index contributed by atoms with van der Waals surface area (Å²) < 4.78 is 5.56. The fraction of sp³-hybridized carbons (Fsp3) is 0.647. The van der Waals surface area contributed by atoms with Gasteiger partial charge in [0.2, 0.25) is 0 Å². The van der Waals surface area contributed by atoms with E-state index in [1.165, 1.54) is 31.2 Å². The van der Waals surface area contributed by atoms with Gasteiger partial charge in [-0.3, -0.25) is 0 Å². The van der Waals surface area contributed by atoms with Crippen LogP contribution in [0.4, 0.5) is 0 Å². The quantitative estimate of drug-likeness (QED) is 0.842. The summed E-state index contributed by atoms with van der Waals surface area (Å²) in [6, 6.07) is 11.6. The van der Waals surface area contributed by atoms with Crippen molar-refractivity contribution in [2.24, 2.45) is 0 Å². The second-order valence-corrected chi connectivity index (χ2v) is 5.63. The van der Waals surface area contributed by atoms with E-state index in [0.717, 1.165) is 19.1 Å².